The van der Waals surface area contributed by atoms with Crippen LogP contribution in [0.4, 0.5) is 0 Å². The van der Waals surface area contributed by atoms with Crippen molar-refractivity contribution in [1.29, 1.82) is 0 Å². The Bertz CT molecular complexity index is 473. The SMILES string of the molecule is [B]B=BB=BB=BB=BB=BB=NC1(N(C)B=C)CC1. The van der Waals surface area contributed by atoms with Crippen LogP contribution in [0.25, 0.3) is 0 Å². The van der Waals surface area contributed by atoms with Crippen LogP contribution < -0.4 is 0 Å². The van der Waals surface area contributed by atoms with Gasteiger partial charge in [-0.25, -0.2) is 0 Å². The number of hydrogen-bond donors (Lipinski definition) is 0. The number of nitrogens with zero attached hydrogens (tertiary/aromatic N) is 2. The maximum absolute atomic E-state index is 5.20. The van der Waals surface area contributed by atoms with E-state index in [0.717, 1.165) is 12.8 Å². The summed E-state index contributed by atoms with van der Waals surface area (Å²) in [5.41, 5.74) is -0.0307. The molecule has 0 bridgehead atoms. The second-order valence-electron chi connectivity index (χ2n) is 4.48. The summed E-state index contributed by atoms with van der Waals surface area (Å²) in [5.74, 6) is 0. The summed E-state index contributed by atoms with van der Waals surface area (Å²) in [4.78, 5) is 6.63. The molecule has 0 aromatic carbocycles. The fraction of sp³-hybridized carbons (Fsp3) is 0.800. The Morgan fingerprint density at radius 3 is 1.90 bits per heavy atom. The van der Waals surface area contributed by atoms with Gasteiger partial charge in [0, 0.05) is 0 Å². The van der Waals surface area contributed by atoms with Gasteiger partial charge in [-0.1, -0.05) is 0 Å². The molecule has 1 aliphatic rings. The summed E-state index contributed by atoms with van der Waals surface area (Å²) >= 11 is 0. The minimum atomic E-state index is -0.0307. The molecule has 15 heteroatoms. The van der Waals surface area contributed by atoms with Crippen LogP contribution in [0, 0.1) is 0 Å². The van der Waals surface area contributed by atoms with E-state index in [1.165, 1.54) is 6.69 Å². The Kier molecular flexibility index (Phi) is 10.1. The molecule has 0 heterocycles. The van der Waals surface area contributed by atoms with Crippen molar-refractivity contribution in [3.8, 4) is 0 Å². The normalized spacial score (nSPS) is 13.8. The molecular weight excluding hydrogens is 229 g/mol. The van der Waals surface area contributed by atoms with E-state index >= 15 is 0 Å². The molecule has 1 saturated carbocycles. The van der Waals surface area contributed by atoms with E-state index in [4.69, 9.17) is 7.74 Å². The third-order valence-electron chi connectivity index (χ3n) is 3.03. The number of hydrogen-bond acceptors (Lipinski definition) is 2. The predicted octanol–water partition coefficient (Wildman–Crippen LogP) is -4.38. The van der Waals surface area contributed by atoms with Crippen molar-refractivity contribution in [1.82, 2.24) is 4.81 Å². The van der Waals surface area contributed by atoms with Gasteiger partial charge in [0.15, 0.2) is 0 Å². The van der Waals surface area contributed by atoms with Crippen LogP contribution in [0.2, 0.25) is 0 Å². The quantitative estimate of drug-likeness (QED) is 0.390. The molecule has 1 fully saturated rings. The van der Waals surface area contributed by atoms with Crippen LogP contribution >= 0.6 is 0 Å². The van der Waals surface area contributed by atoms with Crippen LogP contribution in [0.5, 0.6) is 0 Å². The average Bonchev–Trinajstić information content (AvgIpc) is 3.25. The van der Waals surface area contributed by atoms with Crippen LogP contribution in [-0.4, -0.2) is 113 Å². The van der Waals surface area contributed by atoms with E-state index in [2.05, 4.69) is 16.2 Å². The Balaban J connectivity index is 2.30. The molecule has 0 amide bonds. The summed E-state index contributed by atoms with van der Waals surface area (Å²) in [6.45, 7) is 24.4. The van der Waals surface area contributed by atoms with E-state index in [0.29, 0.717) is 0 Å². The van der Waals surface area contributed by atoms with Gasteiger partial charge in [0.1, 0.15) is 0 Å². The van der Waals surface area contributed by atoms with Crippen molar-refractivity contribution in [2.45, 2.75) is 18.5 Å². The predicted molar refractivity (Wildman–Crippen MR) is 104 cm³/mol. The summed E-state index contributed by atoms with van der Waals surface area (Å²) < 4.78 is 0. The van der Waals surface area contributed by atoms with Crippen molar-refractivity contribution >= 4 is 95.2 Å². The Hall–Kier alpha value is 0.314. The zero-order valence-corrected chi connectivity index (χ0v) is 12.0. The molecule has 1 aliphatic carbocycles. The molecule has 2 nitrogen and oxygen atoms in total. The molecule has 0 aromatic rings. The van der Waals surface area contributed by atoms with Crippen molar-refractivity contribution in [2.24, 2.45) is 4.90 Å². The van der Waals surface area contributed by atoms with Gasteiger partial charge >= 0.3 is 130 Å². The van der Waals surface area contributed by atoms with Crippen molar-refractivity contribution < 1.29 is 0 Å². The first kappa shape index (κ1) is 18.4. The first-order valence-corrected chi connectivity index (χ1v) is 6.69. The molecule has 78 valence electrons. The number of rotatable bonds is 8. The van der Waals surface area contributed by atoms with Crippen LogP contribution in [0.15, 0.2) is 4.90 Å². The second kappa shape index (κ2) is 11.0. The zero-order chi connectivity index (χ0) is 14.7. The van der Waals surface area contributed by atoms with Crippen molar-refractivity contribution in [3.05, 3.63) is 0 Å². The molecule has 0 spiro atoms. The fourth-order valence-corrected chi connectivity index (χ4v) is 1.60. The summed E-state index contributed by atoms with van der Waals surface area (Å²) in [7, 11) is 9.04. The van der Waals surface area contributed by atoms with Crippen LogP contribution in [0.1, 0.15) is 12.8 Å². The Morgan fingerprint density at radius 1 is 0.950 bits per heavy atom. The molecule has 0 atom stereocenters. The molecule has 0 aromatic heterocycles. The van der Waals surface area contributed by atoms with Crippen LogP contribution in [0.3, 0.4) is 0 Å². The zero-order valence-electron chi connectivity index (χ0n) is 12.0. The van der Waals surface area contributed by atoms with Crippen molar-refractivity contribution in [2.75, 3.05) is 7.05 Å². The van der Waals surface area contributed by atoms with Gasteiger partial charge in [0.05, 0.1) is 0 Å². The Labute approximate surface area is 130 Å². The monoisotopic (exact) mass is 240 g/mol. The van der Waals surface area contributed by atoms with E-state index in [-0.39, 0.29) is 5.66 Å². The molecule has 0 unspecified atom stereocenters. The topological polar surface area (TPSA) is 15.6 Å². The molecule has 0 aliphatic heterocycles. The molecular formula is C5H9B13N2. The molecule has 2 radical (unpaired) electrons. The third kappa shape index (κ3) is 7.36. The molecule has 0 saturated heterocycles. The Morgan fingerprint density at radius 2 is 1.45 bits per heavy atom. The second-order valence-corrected chi connectivity index (χ2v) is 4.48. The maximum atomic E-state index is 5.20. The van der Waals surface area contributed by atoms with E-state index < -0.39 is 0 Å². The van der Waals surface area contributed by atoms with Gasteiger partial charge in [-0.15, -0.1) is 0 Å². The van der Waals surface area contributed by atoms with Gasteiger partial charge in [0.2, 0.25) is 0 Å². The average molecular weight is 238 g/mol. The van der Waals surface area contributed by atoms with Gasteiger partial charge in [-0.05, 0) is 0 Å². The summed E-state index contributed by atoms with van der Waals surface area (Å²) in [5, 5.41) is 0. The van der Waals surface area contributed by atoms with E-state index in [1.807, 2.05) is 74.6 Å². The van der Waals surface area contributed by atoms with Gasteiger partial charge < -0.3 is 0 Å². The van der Waals surface area contributed by atoms with E-state index in [1.54, 1.807) is 6.69 Å². The third-order valence-corrected chi connectivity index (χ3v) is 3.03. The first-order chi connectivity index (χ1) is 9.75. The van der Waals surface area contributed by atoms with Gasteiger partial charge in [0.25, 0.3) is 0 Å². The minimum absolute atomic E-state index is 0.0307. The first-order valence-electron chi connectivity index (χ1n) is 6.69. The summed E-state index contributed by atoms with van der Waals surface area (Å²) in [6.07, 6.45) is 2.20. The van der Waals surface area contributed by atoms with Gasteiger partial charge in [-0.2, -0.15) is 0 Å². The van der Waals surface area contributed by atoms with Crippen LogP contribution in [-0.2, 0) is 0 Å². The molecule has 1 rings (SSSR count). The van der Waals surface area contributed by atoms with Gasteiger partial charge in [-0.3, -0.25) is 0 Å². The molecule has 20 heavy (non-hydrogen) atoms. The standard InChI is InChI=1S/C5H9B13N2/c1-7-20(2)5(3-4-5)19-18-17-16-15-14-13-12-11-10-9-8-6/h1,3-4H2,2H3. The molecule has 0 N–H and O–H groups in total. The fourth-order valence-electron chi connectivity index (χ4n) is 1.60. The van der Waals surface area contributed by atoms with Crippen molar-refractivity contribution in [3.63, 3.8) is 0 Å². The summed E-state index contributed by atoms with van der Waals surface area (Å²) in [6, 6.07) is 0. The van der Waals surface area contributed by atoms with E-state index in [9.17, 15) is 0 Å².